The molecule has 0 saturated carbocycles. The van der Waals surface area contributed by atoms with Crippen LogP contribution in [0.4, 0.5) is 0 Å². The molecule has 1 aliphatic heterocycles. The molecular weight excluding hydrogens is 260 g/mol. The molecule has 1 N–H and O–H groups in total. The number of hydrogen-bond donors (Lipinski definition) is 1. The summed E-state index contributed by atoms with van der Waals surface area (Å²) in [6.07, 6.45) is 1.21. The van der Waals surface area contributed by atoms with E-state index in [4.69, 9.17) is 14.7 Å². The number of piperidine rings is 1. The molecule has 1 aliphatic rings. The topological polar surface area (TPSA) is 71.4 Å². The second-order valence-corrected chi connectivity index (χ2v) is 4.53. The van der Waals surface area contributed by atoms with Crippen LogP contribution in [0, 0.1) is 0 Å². The molecule has 2 rings (SSSR count). The number of oxime groups is 1. The number of nitrogens with zero attached hydrogens (tertiary/aromatic N) is 2. The number of carbonyl (C=O) groups excluding carboxylic acids is 1. The van der Waals surface area contributed by atoms with E-state index in [-0.39, 0.29) is 5.91 Å². The lowest BCUT2D eigenvalue weighted by Gasteiger charge is -2.27. The van der Waals surface area contributed by atoms with Crippen LogP contribution in [0.5, 0.6) is 11.5 Å². The summed E-state index contributed by atoms with van der Waals surface area (Å²) < 4.78 is 10.4. The highest BCUT2D eigenvalue weighted by molar-refractivity contribution is 5.96. The minimum absolute atomic E-state index is 0.0528. The SMILES string of the molecule is COc1ccc(C(=O)N2CCC(=NO)CC2)cc1OC. The van der Waals surface area contributed by atoms with Crippen LogP contribution in [0.1, 0.15) is 23.2 Å². The lowest BCUT2D eigenvalue weighted by molar-refractivity contribution is 0.0753. The number of benzene rings is 1. The Hall–Kier alpha value is -2.24. The maximum atomic E-state index is 12.4. The van der Waals surface area contributed by atoms with Gasteiger partial charge in [-0.1, -0.05) is 5.16 Å². The van der Waals surface area contributed by atoms with Gasteiger partial charge in [0.2, 0.25) is 0 Å². The monoisotopic (exact) mass is 278 g/mol. The van der Waals surface area contributed by atoms with Crippen LogP contribution in [0.15, 0.2) is 23.4 Å². The Morgan fingerprint density at radius 2 is 1.85 bits per heavy atom. The van der Waals surface area contributed by atoms with Crippen LogP contribution in [0.2, 0.25) is 0 Å². The van der Waals surface area contributed by atoms with Gasteiger partial charge < -0.3 is 19.6 Å². The Bertz CT molecular complexity index is 518. The highest BCUT2D eigenvalue weighted by Crippen LogP contribution is 2.28. The number of amides is 1. The highest BCUT2D eigenvalue weighted by atomic mass is 16.5. The predicted octanol–water partition coefficient (Wildman–Crippen LogP) is 1.77. The molecule has 1 aromatic rings. The van der Waals surface area contributed by atoms with E-state index in [1.165, 1.54) is 7.11 Å². The third-order valence-corrected chi connectivity index (χ3v) is 3.40. The molecule has 1 aromatic carbocycles. The zero-order chi connectivity index (χ0) is 14.5. The molecule has 0 atom stereocenters. The molecule has 1 amide bonds. The normalized spacial score (nSPS) is 14.9. The van der Waals surface area contributed by atoms with Crippen LogP contribution in [-0.4, -0.2) is 49.0 Å². The van der Waals surface area contributed by atoms with Gasteiger partial charge in [0.1, 0.15) is 0 Å². The summed E-state index contributed by atoms with van der Waals surface area (Å²) in [6.45, 7) is 1.12. The zero-order valence-corrected chi connectivity index (χ0v) is 11.6. The van der Waals surface area contributed by atoms with Gasteiger partial charge in [-0.15, -0.1) is 0 Å². The van der Waals surface area contributed by atoms with Gasteiger partial charge in [0, 0.05) is 31.5 Å². The molecule has 6 nitrogen and oxygen atoms in total. The van der Waals surface area contributed by atoms with Crippen molar-refractivity contribution in [3.63, 3.8) is 0 Å². The smallest absolute Gasteiger partial charge is 0.254 e. The van der Waals surface area contributed by atoms with Crippen LogP contribution in [0.3, 0.4) is 0 Å². The third-order valence-electron chi connectivity index (χ3n) is 3.40. The van der Waals surface area contributed by atoms with Crippen molar-refractivity contribution in [2.45, 2.75) is 12.8 Å². The molecule has 0 unspecified atom stereocenters. The zero-order valence-electron chi connectivity index (χ0n) is 11.6. The van der Waals surface area contributed by atoms with Crippen LogP contribution < -0.4 is 9.47 Å². The van der Waals surface area contributed by atoms with Crippen molar-refractivity contribution in [1.82, 2.24) is 4.90 Å². The van der Waals surface area contributed by atoms with Crippen molar-refractivity contribution >= 4 is 11.6 Å². The molecule has 1 fully saturated rings. The lowest BCUT2D eigenvalue weighted by atomic mass is 10.1. The summed E-state index contributed by atoms with van der Waals surface area (Å²) >= 11 is 0. The first-order chi connectivity index (χ1) is 9.69. The fourth-order valence-corrected chi connectivity index (χ4v) is 2.22. The number of ether oxygens (including phenoxy) is 2. The van der Waals surface area contributed by atoms with Crippen molar-refractivity contribution < 1.29 is 19.5 Å². The molecule has 0 bridgehead atoms. The number of methoxy groups -OCH3 is 2. The van der Waals surface area contributed by atoms with Gasteiger partial charge in [-0.3, -0.25) is 4.79 Å². The van der Waals surface area contributed by atoms with Crippen molar-refractivity contribution in [3.8, 4) is 11.5 Å². The van der Waals surface area contributed by atoms with Gasteiger partial charge in [-0.2, -0.15) is 0 Å². The highest BCUT2D eigenvalue weighted by Gasteiger charge is 2.22. The van der Waals surface area contributed by atoms with Gasteiger partial charge in [0.25, 0.3) is 5.91 Å². The molecule has 0 aromatic heterocycles. The second kappa shape index (κ2) is 6.27. The Labute approximate surface area is 117 Å². The number of carbonyl (C=O) groups is 1. The Balaban J connectivity index is 2.13. The van der Waals surface area contributed by atoms with E-state index in [0.717, 1.165) is 5.71 Å². The molecular formula is C14H18N2O4. The van der Waals surface area contributed by atoms with Gasteiger partial charge in [-0.25, -0.2) is 0 Å². The Kier molecular flexibility index (Phi) is 4.45. The largest absolute Gasteiger partial charge is 0.493 e. The first-order valence-electron chi connectivity index (χ1n) is 6.40. The molecule has 0 radical (unpaired) electrons. The lowest BCUT2D eigenvalue weighted by Crippen LogP contribution is -2.38. The summed E-state index contributed by atoms with van der Waals surface area (Å²) in [5.41, 5.74) is 1.30. The van der Waals surface area contributed by atoms with E-state index < -0.39 is 0 Å². The summed E-state index contributed by atoms with van der Waals surface area (Å²) in [7, 11) is 3.09. The Morgan fingerprint density at radius 3 is 2.40 bits per heavy atom. The predicted molar refractivity (Wildman–Crippen MR) is 73.9 cm³/mol. The molecule has 108 valence electrons. The van der Waals surface area contributed by atoms with E-state index in [0.29, 0.717) is 43.0 Å². The van der Waals surface area contributed by atoms with Crippen molar-refractivity contribution in [2.75, 3.05) is 27.3 Å². The second-order valence-electron chi connectivity index (χ2n) is 4.53. The standard InChI is InChI=1S/C14H18N2O4/c1-19-12-4-3-10(9-13(12)20-2)14(17)16-7-5-11(15-18)6-8-16/h3-4,9,18H,5-8H2,1-2H3. The van der Waals surface area contributed by atoms with Crippen molar-refractivity contribution in [2.24, 2.45) is 5.16 Å². The van der Waals surface area contributed by atoms with Gasteiger partial charge in [0.05, 0.1) is 19.9 Å². The fourth-order valence-electron chi connectivity index (χ4n) is 2.22. The summed E-state index contributed by atoms with van der Waals surface area (Å²) in [5.74, 6) is 1.08. The number of rotatable bonds is 3. The van der Waals surface area contributed by atoms with E-state index in [9.17, 15) is 4.79 Å². The van der Waals surface area contributed by atoms with Crippen LogP contribution >= 0.6 is 0 Å². The quantitative estimate of drug-likeness (QED) is 0.675. The summed E-state index contributed by atoms with van der Waals surface area (Å²) in [4.78, 5) is 14.1. The first kappa shape index (κ1) is 14.2. The van der Waals surface area contributed by atoms with Crippen molar-refractivity contribution in [3.05, 3.63) is 23.8 Å². The number of hydrogen-bond acceptors (Lipinski definition) is 5. The van der Waals surface area contributed by atoms with E-state index >= 15 is 0 Å². The first-order valence-corrected chi connectivity index (χ1v) is 6.40. The minimum atomic E-state index is -0.0528. The molecule has 6 heteroatoms. The van der Waals surface area contributed by atoms with Gasteiger partial charge in [-0.05, 0) is 18.2 Å². The minimum Gasteiger partial charge on any atom is -0.493 e. The van der Waals surface area contributed by atoms with Crippen LogP contribution in [-0.2, 0) is 0 Å². The molecule has 1 saturated heterocycles. The number of likely N-dealkylation sites (tertiary alicyclic amines) is 1. The van der Waals surface area contributed by atoms with E-state index in [1.54, 1.807) is 30.2 Å². The fraction of sp³-hybridized carbons (Fsp3) is 0.429. The average Bonchev–Trinajstić information content (AvgIpc) is 2.53. The molecule has 1 heterocycles. The van der Waals surface area contributed by atoms with Gasteiger partial charge in [0.15, 0.2) is 11.5 Å². The maximum Gasteiger partial charge on any atom is 0.254 e. The van der Waals surface area contributed by atoms with E-state index in [2.05, 4.69) is 5.16 Å². The molecule has 0 aliphatic carbocycles. The summed E-state index contributed by atoms with van der Waals surface area (Å²) in [6, 6.07) is 5.12. The van der Waals surface area contributed by atoms with Crippen LogP contribution in [0.25, 0.3) is 0 Å². The van der Waals surface area contributed by atoms with E-state index in [1.807, 2.05) is 0 Å². The van der Waals surface area contributed by atoms with Gasteiger partial charge >= 0.3 is 0 Å². The average molecular weight is 278 g/mol. The molecule has 0 spiro atoms. The Morgan fingerprint density at radius 1 is 1.20 bits per heavy atom. The summed E-state index contributed by atoms with van der Waals surface area (Å²) in [5, 5.41) is 11.9. The molecule has 20 heavy (non-hydrogen) atoms. The maximum absolute atomic E-state index is 12.4. The third kappa shape index (κ3) is 2.84. The van der Waals surface area contributed by atoms with Crippen molar-refractivity contribution in [1.29, 1.82) is 0 Å².